The van der Waals surface area contributed by atoms with E-state index >= 15 is 0 Å². The highest BCUT2D eigenvalue weighted by atomic mass is 19.4. The Morgan fingerprint density at radius 2 is 1.94 bits per heavy atom. The van der Waals surface area contributed by atoms with Crippen LogP contribution in [0.1, 0.15) is 47.6 Å². The van der Waals surface area contributed by atoms with E-state index in [2.05, 4.69) is 15.3 Å². The van der Waals surface area contributed by atoms with Gasteiger partial charge in [-0.25, -0.2) is 9.48 Å². The number of carbonyl (C=O) groups is 1. The highest BCUT2D eigenvalue weighted by Crippen LogP contribution is 2.40. The van der Waals surface area contributed by atoms with Gasteiger partial charge in [0.2, 0.25) is 5.60 Å². The molecule has 35 heavy (non-hydrogen) atoms. The van der Waals surface area contributed by atoms with E-state index in [0.717, 1.165) is 17.5 Å². The molecule has 0 aliphatic rings. The number of hydrogen-bond donors (Lipinski definition) is 1. The second-order valence-corrected chi connectivity index (χ2v) is 8.16. The van der Waals surface area contributed by atoms with Gasteiger partial charge >= 0.3 is 12.1 Å². The number of aryl methyl sites for hydroxylation is 1. The molecule has 0 aromatic carbocycles. The Hall–Kier alpha value is -3.73. The van der Waals surface area contributed by atoms with Crippen molar-refractivity contribution in [3.8, 4) is 11.3 Å². The summed E-state index contributed by atoms with van der Waals surface area (Å²) in [5, 5.41) is 17.4. The highest BCUT2D eigenvalue weighted by molar-refractivity contribution is 5.99. The summed E-state index contributed by atoms with van der Waals surface area (Å²) in [7, 11) is 0. The van der Waals surface area contributed by atoms with Crippen molar-refractivity contribution >= 4 is 11.5 Å². The molecule has 184 valence electrons. The molecule has 11 heteroatoms. The zero-order valence-electron chi connectivity index (χ0n) is 19.4. The molecule has 0 radical (unpaired) electrons. The first-order valence-corrected chi connectivity index (χ1v) is 11.0. The summed E-state index contributed by atoms with van der Waals surface area (Å²) < 4.78 is 48.4. The maximum atomic E-state index is 13.4. The number of aromatic nitrogens is 5. The fourth-order valence-corrected chi connectivity index (χ4v) is 3.95. The lowest BCUT2D eigenvalue weighted by molar-refractivity contribution is -0.269. The predicted molar refractivity (Wildman–Crippen MR) is 121 cm³/mol. The van der Waals surface area contributed by atoms with Crippen molar-refractivity contribution < 1.29 is 27.8 Å². The fourth-order valence-electron chi connectivity index (χ4n) is 3.95. The number of fused-ring (bicyclic) bond motifs is 1. The van der Waals surface area contributed by atoms with Gasteiger partial charge in [-0.15, -0.1) is 5.10 Å². The number of nitrogens with zero attached hydrogens (tertiary/aromatic N) is 5. The number of pyridine rings is 2. The number of ether oxygens (including phenoxy) is 1. The monoisotopic (exact) mass is 487 g/mol. The Morgan fingerprint density at radius 3 is 2.60 bits per heavy atom. The molecule has 0 saturated heterocycles. The molecule has 1 N–H and O–H groups in total. The summed E-state index contributed by atoms with van der Waals surface area (Å²) in [4.78, 5) is 16.9. The third kappa shape index (κ3) is 4.51. The molecule has 4 heterocycles. The van der Waals surface area contributed by atoms with Crippen molar-refractivity contribution in [3.63, 3.8) is 0 Å². The van der Waals surface area contributed by atoms with E-state index in [1.54, 1.807) is 43.6 Å². The Bertz CT molecular complexity index is 1380. The first-order valence-electron chi connectivity index (χ1n) is 11.0. The summed E-state index contributed by atoms with van der Waals surface area (Å²) in [6.45, 7) is 5.15. The molecule has 0 amide bonds. The minimum atomic E-state index is -4.88. The number of halogens is 3. The van der Waals surface area contributed by atoms with Crippen molar-refractivity contribution in [3.05, 3.63) is 71.4 Å². The van der Waals surface area contributed by atoms with Crippen molar-refractivity contribution in [1.82, 2.24) is 24.4 Å². The van der Waals surface area contributed by atoms with Crippen LogP contribution in [0.15, 0.2) is 48.9 Å². The minimum absolute atomic E-state index is 0.116. The fraction of sp³-hybridized carbons (Fsp3) is 0.333. The number of alkyl halides is 3. The van der Waals surface area contributed by atoms with Crippen LogP contribution in [0.4, 0.5) is 13.2 Å². The summed E-state index contributed by atoms with van der Waals surface area (Å²) in [5.74, 6) is -0.464. The molecule has 1 unspecified atom stereocenters. The Balaban J connectivity index is 1.72. The van der Waals surface area contributed by atoms with Crippen LogP contribution in [-0.2, 0) is 16.9 Å². The molecule has 0 spiro atoms. The molecule has 0 aliphatic heterocycles. The lowest BCUT2D eigenvalue weighted by atomic mass is 9.96. The lowest BCUT2D eigenvalue weighted by Crippen LogP contribution is -2.42. The third-order valence-electron chi connectivity index (χ3n) is 5.79. The Labute approximate surface area is 199 Å². The van der Waals surface area contributed by atoms with Gasteiger partial charge in [-0.05, 0) is 56.2 Å². The molecule has 4 rings (SSSR count). The Morgan fingerprint density at radius 1 is 1.17 bits per heavy atom. The smallest absolute Gasteiger partial charge is 0.423 e. The Kier molecular flexibility index (Phi) is 6.37. The van der Waals surface area contributed by atoms with Crippen molar-refractivity contribution in [2.24, 2.45) is 0 Å². The highest BCUT2D eigenvalue weighted by Gasteiger charge is 2.55. The number of aliphatic hydroxyl groups is 1. The third-order valence-corrected chi connectivity index (χ3v) is 5.79. The van der Waals surface area contributed by atoms with Crippen LogP contribution in [0.5, 0.6) is 0 Å². The quantitative estimate of drug-likeness (QED) is 0.391. The standard InChI is InChI=1S/C24H24F3N5O3/c1-4-23(34,24(25,26)27)20-14-31(30-29-20)13-16-7-9-32-18(11-16)12-19(22(33)35-5-2)21(32)17-6-8-28-15(3)10-17/h6-12,14,34H,4-5,13H2,1-3H3. The molecule has 4 aromatic heterocycles. The van der Waals surface area contributed by atoms with Gasteiger partial charge in [0.25, 0.3) is 0 Å². The maximum Gasteiger partial charge on any atom is 0.423 e. The SMILES string of the molecule is CCOC(=O)c1cc2cc(Cn3cc(C(O)(CC)C(F)(F)F)nn3)ccn2c1-c1ccnc(C)c1. The van der Waals surface area contributed by atoms with E-state index in [-0.39, 0.29) is 13.2 Å². The van der Waals surface area contributed by atoms with Gasteiger partial charge in [0.15, 0.2) is 0 Å². The van der Waals surface area contributed by atoms with Gasteiger partial charge in [0.1, 0.15) is 5.69 Å². The summed E-state index contributed by atoms with van der Waals surface area (Å²) in [5.41, 5.74) is 0.394. The second kappa shape index (κ2) is 9.14. The molecule has 0 bridgehead atoms. The van der Waals surface area contributed by atoms with Crippen LogP contribution in [0.25, 0.3) is 16.8 Å². The van der Waals surface area contributed by atoms with Crippen LogP contribution in [0.2, 0.25) is 0 Å². The largest absolute Gasteiger partial charge is 0.462 e. The minimum Gasteiger partial charge on any atom is -0.462 e. The number of esters is 1. The van der Waals surface area contributed by atoms with E-state index in [9.17, 15) is 23.1 Å². The lowest BCUT2D eigenvalue weighted by Gasteiger charge is -2.26. The van der Waals surface area contributed by atoms with Gasteiger partial charge in [-0.1, -0.05) is 12.1 Å². The van der Waals surface area contributed by atoms with E-state index in [4.69, 9.17) is 4.74 Å². The average Bonchev–Trinajstić information content (AvgIpc) is 3.42. The molecule has 4 aromatic rings. The summed E-state index contributed by atoms with van der Waals surface area (Å²) in [6.07, 6.45) is -0.936. The van der Waals surface area contributed by atoms with E-state index in [0.29, 0.717) is 22.3 Å². The average molecular weight is 487 g/mol. The van der Waals surface area contributed by atoms with Crippen molar-refractivity contribution in [2.45, 2.75) is 45.5 Å². The molecule has 8 nitrogen and oxygen atoms in total. The normalized spacial score (nSPS) is 13.7. The first-order chi connectivity index (χ1) is 16.6. The van der Waals surface area contributed by atoms with Gasteiger partial charge in [-0.3, -0.25) is 4.98 Å². The van der Waals surface area contributed by atoms with Crippen LogP contribution in [0, 0.1) is 6.92 Å². The van der Waals surface area contributed by atoms with Crippen LogP contribution in [-0.4, -0.2) is 48.2 Å². The van der Waals surface area contributed by atoms with Gasteiger partial charge in [0.05, 0.1) is 30.6 Å². The van der Waals surface area contributed by atoms with Crippen molar-refractivity contribution in [2.75, 3.05) is 6.61 Å². The van der Waals surface area contributed by atoms with E-state index in [1.807, 2.05) is 17.4 Å². The molecular formula is C24H24F3N5O3. The zero-order valence-corrected chi connectivity index (χ0v) is 19.4. The number of rotatable bonds is 7. The van der Waals surface area contributed by atoms with Crippen LogP contribution in [0.3, 0.4) is 0 Å². The van der Waals surface area contributed by atoms with Crippen molar-refractivity contribution in [1.29, 1.82) is 0 Å². The predicted octanol–water partition coefficient (Wildman–Crippen LogP) is 4.29. The molecule has 1 atom stereocenters. The zero-order chi connectivity index (χ0) is 25.4. The van der Waals surface area contributed by atoms with Gasteiger partial charge in [0, 0.05) is 29.2 Å². The molecule has 0 fully saturated rings. The maximum absolute atomic E-state index is 13.4. The summed E-state index contributed by atoms with van der Waals surface area (Å²) in [6, 6.07) is 8.95. The topological polar surface area (TPSA) is 94.5 Å². The van der Waals surface area contributed by atoms with E-state index in [1.165, 1.54) is 11.6 Å². The first kappa shape index (κ1) is 24.4. The molecule has 0 saturated carbocycles. The van der Waals surface area contributed by atoms with E-state index < -0.39 is 29.9 Å². The van der Waals surface area contributed by atoms with Crippen LogP contribution < -0.4 is 0 Å². The molecule has 0 aliphatic carbocycles. The van der Waals surface area contributed by atoms with Gasteiger partial charge < -0.3 is 14.2 Å². The molecular weight excluding hydrogens is 463 g/mol. The second-order valence-electron chi connectivity index (χ2n) is 8.16. The van der Waals surface area contributed by atoms with Crippen LogP contribution >= 0.6 is 0 Å². The number of hydrogen-bond acceptors (Lipinski definition) is 6. The number of carbonyl (C=O) groups excluding carboxylic acids is 1. The summed E-state index contributed by atoms with van der Waals surface area (Å²) >= 11 is 0. The van der Waals surface area contributed by atoms with Gasteiger partial charge in [-0.2, -0.15) is 13.2 Å².